The monoisotopic (exact) mass is 378 g/mol. The van der Waals surface area contributed by atoms with Crippen molar-refractivity contribution in [2.45, 2.75) is 38.3 Å². The third-order valence-electron chi connectivity index (χ3n) is 5.00. The summed E-state index contributed by atoms with van der Waals surface area (Å²) in [4.78, 5) is 13.3. The van der Waals surface area contributed by atoms with Crippen molar-refractivity contribution in [1.82, 2.24) is 19.2 Å². The first-order valence-corrected chi connectivity index (χ1v) is 10.3. The van der Waals surface area contributed by atoms with Gasteiger partial charge in [-0.25, -0.2) is 4.57 Å². The van der Waals surface area contributed by atoms with Crippen LogP contribution in [0.5, 0.6) is 0 Å². The molecule has 0 N–H and O–H groups in total. The van der Waals surface area contributed by atoms with Crippen LogP contribution in [0.4, 0.5) is 0 Å². The molecule has 0 aliphatic carbocycles. The second kappa shape index (κ2) is 7.19. The molecular weight excluding hydrogens is 356 g/mol. The fourth-order valence-corrected chi connectivity index (χ4v) is 3.99. The van der Waals surface area contributed by atoms with Crippen LogP contribution in [-0.2, 0) is 0 Å². The molecule has 0 radical (unpaired) electrons. The third-order valence-corrected chi connectivity index (χ3v) is 5.81. The van der Waals surface area contributed by atoms with E-state index in [1.165, 1.54) is 5.56 Å². The Hall–Kier alpha value is -2.60. The molecule has 2 heterocycles. The Morgan fingerprint density at radius 1 is 1.04 bits per heavy atom. The van der Waals surface area contributed by atoms with E-state index in [0.717, 1.165) is 28.5 Å². The maximum Gasteiger partial charge on any atom is 0.267 e. The molecule has 6 heteroatoms. The van der Waals surface area contributed by atoms with E-state index in [1.807, 2.05) is 40.8 Å². The fraction of sp³-hybridized carbons (Fsp3) is 0.286. The van der Waals surface area contributed by atoms with Gasteiger partial charge in [0.1, 0.15) is 0 Å². The van der Waals surface area contributed by atoms with Gasteiger partial charge in [0.05, 0.1) is 16.6 Å². The average Bonchev–Trinajstić information content (AvgIpc) is 3.12. The second-order valence-electron chi connectivity index (χ2n) is 6.61. The number of para-hydroxylation sites is 1. The van der Waals surface area contributed by atoms with Gasteiger partial charge >= 0.3 is 0 Å². The predicted molar refractivity (Wildman–Crippen MR) is 111 cm³/mol. The molecule has 0 aliphatic heterocycles. The van der Waals surface area contributed by atoms with Crippen molar-refractivity contribution < 1.29 is 0 Å². The van der Waals surface area contributed by atoms with Crippen LogP contribution in [0.3, 0.4) is 0 Å². The highest BCUT2D eigenvalue weighted by molar-refractivity contribution is 7.99. The molecule has 2 aromatic carbocycles. The van der Waals surface area contributed by atoms with Gasteiger partial charge in [-0.3, -0.25) is 9.20 Å². The molecule has 0 bridgehead atoms. The molecule has 4 rings (SSSR count). The number of hydrogen-bond donors (Lipinski definition) is 0. The Morgan fingerprint density at radius 3 is 2.48 bits per heavy atom. The topological polar surface area (TPSA) is 52.2 Å². The van der Waals surface area contributed by atoms with Crippen LogP contribution in [0, 0.1) is 0 Å². The predicted octanol–water partition coefficient (Wildman–Crippen LogP) is 4.66. The average molecular weight is 379 g/mol. The number of thioether (sulfide) groups is 1. The van der Waals surface area contributed by atoms with E-state index in [4.69, 9.17) is 0 Å². The zero-order valence-electron chi connectivity index (χ0n) is 15.7. The lowest BCUT2D eigenvalue weighted by molar-refractivity contribution is 0.733. The fourth-order valence-electron chi connectivity index (χ4n) is 3.32. The van der Waals surface area contributed by atoms with Crippen molar-refractivity contribution in [2.75, 3.05) is 5.75 Å². The lowest BCUT2D eigenvalue weighted by atomic mass is 9.98. The van der Waals surface area contributed by atoms with Crippen LogP contribution in [0.15, 0.2) is 58.5 Å². The molecule has 4 aromatic rings. The van der Waals surface area contributed by atoms with E-state index in [2.05, 4.69) is 43.1 Å². The van der Waals surface area contributed by atoms with Gasteiger partial charge in [-0.15, -0.1) is 10.2 Å². The van der Waals surface area contributed by atoms with Gasteiger partial charge in [-0.1, -0.05) is 56.8 Å². The van der Waals surface area contributed by atoms with Gasteiger partial charge in [-0.05, 0) is 47.9 Å². The van der Waals surface area contributed by atoms with Gasteiger partial charge in [0.15, 0.2) is 5.16 Å². The van der Waals surface area contributed by atoms with Crippen molar-refractivity contribution >= 4 is 28.4 Å². The normalized spacial score (nSPS) is 12.7. The van der Waals surface area contributed by atoms with Crippen molar-refractivity contribution in [2.24, 2.45) is 0 Å². The van der Waals surface area contributed by atoms with E-state index in [9.17, 15) is 4.79 Å². The summed E-state index contributed by atoms with van der Waals surface area (Å²) in [6.07, 6.45) is 1.08. The number of aromatic nitrogens is 4. The molecule has 0 amide bonds. The molecule has 138 valence electrons. The molecule has 1 atom stereocenters. The zero-order chi connectivity index (χ0) is 19.0. The van der Waals surface area contributed by atoms with Crippen molar-refractivity contribution in [3.05, 3.63) is 64.4 Å². The van der Waals surface area contributed by atoms with Crippen LogP contribution in [0.25, 0.3) is 22.4 Å². The number of rotatable bonds is 5. The Kier molecular flexibility index (Phi) is 4.74. The summed E-state index contributed by atoms with van der Waals surface area (Å²) in [6, 6.07) is 15.8. The van der Waals surface area contributed by atoms with E-state index >= 15 is 0 Å². The number of nitrogens with zero attached hydrogens (tertiary/aromatic N) is 4. The number of benzene rings is 2. The Morgan fingerprint density at radius 2 is 1.78 bits per heavy atom. The SMILES string of the molecule is CCSc1nnc2n(-c3ccc([C@H](C)CC)cc3)c(=O)c3ccccc3n12. The lowest BCUT2D eigenvalue weighted by Gasteiger charge is -2.13. The van der Waals surface area contributed by atoms with E-state index < -0.39 is 0 Å². The Bertz CT molecular complexity index is 1160. The summed E-state index contributed by atoms with van der Waals surface area (Å²) in [5.74, 6) is 1.93. The minimum absolute atomic E-state index is 0.0742. The van der Waals surface area contributed by atoms with Crippen molar-refractivity contribution in [3.8, 4) is 5.69 Å². The third kappa shape index (κ3) is 2.94. The van der Waals surface area contributed by atoms with Gasteiger partial charge in [0, 0.05) is 0 Å². The van der Waals surface area contributed by atoms with E-state index in [0.29, 0.717) is 17.1 Å². The molecule has 5 nitrogen and oxygen atoms in total. The van der Waals surface area contributed by atoms with Gasteiger partial charge in [0.25, 0.3) is 5.56 Å². The van der Waals surface area contributed by atoms with Crippen molar-refractivity contribution in [3.63, 3.8) is 0 Å². The minimum atomic E-state index is -0.0742. The van der Waals surface area contributed by atoms with E-state index in [-0.39, 0.29) is 5.56 Å². The summed E-state index contributed by atoms with van der Waals surface area (Å²) in [7, 11) is 0. The maximum atomic E-state index is 13.3. The van der Waals surface area contributed by atoms with Crippen molar-refractivity contribution in [1.29, 1.82) is 0 Å². The summed E-state index contributed by atoms with van der Waals surface area (Å²) in [6.45, 7) is 6.47. The number of fused-ring (bicyclic) bond motifs is 3. The molecule has 0 fully saturated rings. The van der Waals surface area contributed by atoms with Crippen LogP contribution in [-0.4, -0.2) is 24.9 Å². The summed E-state index contributed by atoms with van der Waals surface area (Å²) < 4.78 is 3.64. The first-order chi connectivity index (χ1) is 13.2. The molecule has 27 heavy (non-hydrogen) atoms. The summed E-state index contributed by atoms with van der Waals surface area (Å²) in [5, 5.41) is 10.2. The first-order valence-electron chi connectivity index (χ1n) is 9.27. The Labute approximate surface area is 162 Å². The van der Waals surface area contributed by atoms with Crippen LogP contribution in [0.1, 0.15) is 38.7 Å². The van der Waals surface area contributed by atoms with Gasteiger partial charge in [-0.2, -0.15) is 0 Å². The summed E-state index contributed by atoms with van der Waals surface area (Å²) in [5.41, 5.74) is 2.85. The maximum absolute atomic E-state index is 13.3. The zero-order valence-corrected chi connectivity index (χ0v) is 16.5. The summed E-state index contributed by atoms with van der Waals surface area (Å²) >= 11 is 1.62. The molecular formula is C21H22N4OS. The molecule has 0 unspecified atom stereocenters. The van der Waals surface area contributed by atoms with Gasteiger partial charge in [0.2, 0.25) is 5.78 Å². The van der Waals surface area contributed by atoms with Crippen LogP contribution < -0.4 is 5.56 Å². The largest absolute Gasteiger partial charge is 0.268 e. The molecule has 0 spiro atoms. The first kappa shape index (κ1) is 17.8. The second-order valence-corrected chi connectivity index (χ2v) is 7.84. The van der Waals surface area contributed by atoms with Crippen LogP contribution >= 0.6 is 11.8 Å². The molecule has 0 saturated heterocycles. The quantitative estimate of drug-likeness (QED) is 0.474. The van der Waals surface area contributed by atoms with Gasteiger partial charge < -0.3 is 0 Å². The lowest BCUT2D eigenvalue weighted by Crippen LogP contribution is -2.21. The molecule has 2 aromatic heterocycles. The number of hydrogen-bond acceptors (Lipinski definition) is 4. The van der Waals surface area contributed by atoms with Crippen LogP contribution in [0.2, 0.25) is 0 Å². The minimum Gasteiger partial charge on any atom is -0.268 e. The highest BCUT2D eigenvalue weighted by atomic mass is 32.2. The molecule has 0 saturated carbocycles. The molecule has 0 aliphatic rings. The smallest absolute Gasteiger partial charge is 0.267 e. The standard InChI is InChI=1S/C21H22N4OS/c1-4-14(3)15-10-12-16(13-11-15)24-19(26)17-8-6-7-9-18(17)25-20(24)22-23-21(25)27-5-2/h6-14H,4-5H2,1-3H3/t14-/m1/s1. The highest BCUT2D eigenvalue weighted by Gasteiger charge is 2.17. The van der Waals surface area contributed by atoms with E-state index in [1.54, 1.807) is 16.3 Å². The highest BCUT2D eigenvalue weighted by Crippen LogP contribution is 2.24. The Balaban J connectivity index is 2.02.